The second-order valence-corrected chi connectivity index (χ2v) is 7.59. The molecule has 8 heteroatoms. The number of aromatic nitrogens is 1. The van der Waals surface area contributed by atoms with E-state index >= 15 is 0 Å². The predicted molar refractivity (Wildman–Crippen MR) is 123 cm³/mol. The molecule has 4 rings (SSSR count). The summed E-state index contributed by atoms with van der Waals surface area (Å²) in [4.78, 5) is 17.3. The maximum absolute atomic E-state index is 12.8. The van der Waals surface area contributed by atoms with Crippen molar-refractivity contribution in [2.24, 2.45) is 0 Å². The molecule has 0 radical (unpaired) electrons. The van der Waals surface area contributed by atoms with Crippen LogP contribution in [0.4, 0.5) is 11.5 Å². The molecule has 0 aliphatic heterocycles. The van der Waals surface area contributed by atoms with Crippen LogP contribution in [0, 0.1) is 6.92 Å². The smallest absolute Gasteiger partial charge is 0.344 e. The van der Waals surface area contributed by atoms with Gasteiger partial charge in [-0.2, -0.15) is 0 Å². The van der Waals surface area contributed by atoms with Crippen molar-refractivity contribution < 1.29 is 13.9 Å². The third kappa shape index (κ3) is 4.04. The minimum atomic E-state index is -0.598. The number of anilines is 2. The van der Waals surface area contributed by atoms with Crippen molar-refractivity contribution in [2.45, 2.75) is 6.92 Å². The van der Waals surface area contributed by atoms with Crippen LogP contribution < -0.4 is 20.4 Å². The molecule has 0 unspecified atom stereocenters. The van der Waals surface area contributed by atoms with Crippen LogP contribution in [0.3, 0.4) is 0 Å². The van der Waals surface area contributed by atoms with E-state index in [1.807, 2.05) is 31.2 Å². The van der Waals surface area contributed by atoms with E-state index in [2.05, 4.69) is 10.3 Å². The lowest BCUT2D eigenvalue weighted by atomic mass is 10.1. The summed E-state index contributed by atoms with van der Waals surface area (Å²) in [6.45, 7) is 2.01. The average molecular weight is 457 g/mol. The molecule has 0 bridgehead atoms. The maximum Gasteiger partial charge on any atom is 0.344 e. The topological polar surface area (TPSA) is 73.6 Å². The molecule has 4 aromatic rings. The fourth-order valence-electron chi connectivity index (χ4n) is 3.16. The zero-order chi connectivity index (χ0) is 22.1. The molecule has 2 aromatic carbocycles. The minimum Gasteiger partial charge on any atom is -0.495 e. The number of nitrogens with one attached hydrogen (secondary N) is 1. The van der Waals surface area contributed by atoms with E-state index in [1.165, 1.54) is 14.2 Å². The summed E-state index contributed by atoms with van der Waals surface area (Å²) in [5.41, 5.74) is 2.26. The highest BCUT2D eigenvalue weighted by atomic mass is 35.5. The van der Waals surface area contributed by atoms with Crippen molar-refractivity contribution in [3.63, 3.8) is 0 Å². The highest BCUT2D eigenvalue weighted by Crippen LogP contribution is 2.45. The Morgan fingerprint density at radius 2 is 1.61 bits per heavy atom. The summed E-state index contributed by atoms with van der Waals surface area (Å²) in [5.74, 6) is 1.20. The molecule has 0 saturated carbocycles. The maximum atomic E-state index is 12.8. The number of hydrogen-bond acceptors (Lipinski definition) is 6. The lowest BCUT2D eigenvalue weighted by Crippen LogP contribution is -2.05. The summed E-state index contributed by atoms with van der Waals surface area (Å²) in [6.07, 6.45) is 1.61. The van der Waals surface area contributed by atoms with Crippen LogP contribution in [-0.2, 0) is 0 Å². The molecule has 1 N–H and O–H groups in total. The molecule has 0 amide bonds. The van der Waals surface area contributed by atoms with Gasteiger partial charge in [0.1, 0.15) is 22.9 Å². The van der Waals surface area contributed by atoms with Crippen LogP contribution in [0.25, 0.3) is 22.1 Å². The molecule has 0 fully saturated rings. The zero-order valence-electron chi connectivity index (χ0n) is 17.0. The molecule has 6 nitrogen and oxygen atoms in total. The fourth-order valence-corrected chi connectivity index (χ4v) is 3.87. The Morgan fingerprint density at radius 1 is 0.968 bits per heavy atom. The second-order valence-electron chi connectivity index (χ2n) is 6.83. The van der Waals surface area contributed by atoms with Crippen molar-refractivity contribution in [2.75, 3.05) is 19.5 Å². The second kappa shape index (κ2) is 8.49. The first-order chi connectivity index (χ1) is 14.9. The Balaban J connectivity index is 1.81. The number of rotatable bonds is 5. The van der Waals surface area contributed by atoms with Gasteiger partial charge in [0.15, 0.2) is 0 Å². The van der Waals surface area contributed by atoms with Crippen LogP contribution >= 0.6 is 23.2 Å². The SMILES string of the molecule is COc1cc(OC)c(Cl)c(-c2cc3cnc(Nc4ccc(C)cc4)cc3oc2=O)c1Cl. The van der Waals surface area contributed by atoms with Gasteiger partial charge in [0.25, 0.3) is 0 Å². The molecule has 31 heavy (non-hydrogen) atoms. The van der Waals surface area contributed by atoms with Crippen LogP contribution in [0.1, 0.15) is 5.56 Å². The molecule has 2 heterocycles. The molecular formula is C23H18Cl2N2O4. The fraction of sp³-hybridized carbons (Fsp3) is 0.130. The normalized spacial score (nSPS) is 10.9. The molecule has 158 valence electrons. The van der Waals surface area contributed by atoms with E-state index in [4.69, 9.17) is 37.1 Å². The lowest BCUT2D eigenvalue weighted by Gasteiger charge is -2.14. The number of ether oxygens (including phenoxy) is 2. The Morgan fingerprint density at radius 3 is 2.23 bits per heavy atom. The van der Waals surface area contributed by atoms with E-state index in [1.54, 1.807) is 24.4 Å². The molecule has 0 spiro atoms. The van der Waals surface area contributed by atoms with Gasteiger partial charge in [-0.25, -0.2) is 9.78 Å². The van der Waals surface area contributed by atoms with Crippen LogP contribution in [0.5, 0.6) is 11.5 Å². The highest BCUT2D eigenvalue weighted by Gasteiger charge is 2.22. The number of nitrogens with zero attached hydrogens (tertiary/aromatic N) is 1. The third-order valence-electron chi connectivity index (χ3n) is 4.78. The zero-order valence-corrected chi connectivity index (χ0v) is 18.5. The number of methoxy groups -OCH3 is 2. The Kier molecular flexibility index (Phi) is 5.76. The predicted octanol–water partition coefficient (Wildman–Crippen LogP) is 6.23. The average Bonchev–Trinajstić information content (AvgIpc) is 2.76. The monoisotopic (exact) mass is 456 g/mol. The largest absolute Gasteiger partial charge is 0.495 e. The van der Waals surface area contributed by atoms with Gasteiger partial charge >= 0.3 is 5.63 Å². The molecule has 0 atom stereocenters. The number of hydrogen-bond donors (Lipinski definition) is 1. The van der Waals surface area contributed by atoms with Gasteiger partial charge in [-0.05, 0) is 25.1 Å². The van der Waals surface area contributed by atoms with Crippen LogP contribution in [-0.4, -0.2) is 19.2 Å². The van der Waals surface area contributed by atoms with Gasteiger partial charge in [0.2, 0.25) is 0 Å². The van der Waals surface area contributed by atoms with Crippen molar-refractivity contribution in [1.82, 2.24) is 4.98 Å². The van der Waals surface area contributed by atoms with Gasteiger partial charge in [-0.1, -0.05) is 40.9 Å². The van der Waals surface area contributed by atoms with E-state index < -0.39 is 5.63 Å². The van der Waals surface area contributed by atoms with Crippen molar-refractivity contribution in [1.29, 1.82) is 0 Å². The molecular weight excluding hydrogens is 439 g/mol. The summed E-state index contributed by atoms with van der Waals surface area (Å²) < 4.78 is 16.1. The Hall–Kier alpha value is -3.22. The number of benzene rings is 2. The molecule has 0 saturated heterocycles. The van der Waals surface area contributed by atoms with Gasteiger partial charge in [0.05, 0.1) is 29.8 Å². The number of fused-ring (bicyclic) bond motifs is 1. The van der Waals surface area contributed by atoms with Gasteiger partial charge in [-0.3, -0.25) is 0 Å². The minimum absolute atomic E-state index is 0.181. The van der Waals surface area contributed by atoms with E-state index in [-0.39, 0.29) is 21.2 Å². The third-order valence-corrected chi connectivity index (χ3v) is 5.53. The Bertz CT molecular complexity index is 1310. The number of aryl methyl sites for hydroxylation is 1. The summed E-state index contributed by atoms with van der Waals surface area (Å²) in [5, 5.41) is 4.17. The quantitative estimate of drug-likeness (QED) is 0.383. The van der Waals surface area contributed by atoms with E-state index in [9.17, 15) is 4.79 Å². The summed E-state index contributed by atoms with van der Waals surface area (Å²) in [7, 11) is 2.93. The first-order valence-corrected chi connectivity index (χ1v) is 10.0. The van der Waals surface area contributed by atoms with Crippen LogP contribution in [0.15, 0.2) is 57.9 Å². The van der Waals surface area contributed by atoms with Gasteiger partial charge < -0.3 is 19.2 Å². The molecule has 2 aromatic heterocycles. The van der Waals surface area contributed by atoms with Gasteiger partial charge in [0, 0.05) is 35.0 Å². The van der Waals surface area contributed by atoms with Crippen LogP contribution in [0.2, 0.25) is 10.0 Å². The standard InChI is InChI=1S/C23H18Cl2N2O4/c1-12-4-6-14(7-5-12)27-19-10-16-13(11-26-19)8-15(23(28)31-16)20-21(24)17(29-2)9-18(30-3)22(20)25/h4-11H,1-3H3,(H,26,27). The first-order valence-electron chi connectivity index (χ1n) is 9.29. The summed E-state index contributed by atoms with van der Waals surface area (Å²) in [6, 6.07) is 12.7. The molecule has 0 aliphatic carbocycles. The summed E-state index contributed by atoms with van der Waals surface area (Å²) >= 11 is 12.9. The van der Waals surface area contributed by atoms with Crippen molar-refractivity contribution in [3.8, 4) is 22.6 Å². The van der Waals surface area contributed by atoms with E-state index in [0.717, 1.165) is 11.3 Å². The van der Waals surface area contributed by atoms with Gasteiger partial charge in [-0.15, -0.1) is 0 Å². The highest BCUT2D eigenvalue weighted by molar-refractivity contribution is 6.41. The molecule has 0 aliphatic rings. The lowest BCUT2D eigenvalue weighted by molar-refractivity contribution is 0.395. The number of pyridine rings is 1. The van der Waals surface area contributed by atoms with E-state index in [0.29, 0.717) is 28.3 Å². The Labute approximate surface area is 188 Å². The van der Waals surface area contributed by atoms with Crippen molar-refractivity contribution in [3.05, 3.63) is 74.7 Å². The number of halogens is 2. The van der Waals surface area contributed by atoms with Crippen molar-refractivity contribution >= 4 is 45.7 Å². The first kappa shape index (κ1) is 21.0.